The lowest BCUT2D eigenvalue weighted by Gasteiger charge is -2.15. The Balaban J connectivity index is 2.12. The molecule has 1 fully saturated rings. The molecular weight excluding hydrogens is 345 g/mol. The number of benzene rings is 1. The molecular formula is C15H15Cl2NO5. The number of carbonyl (C=O) groups excluding carboxylic acids is 2. The van der Waals surface area contributed by atoms with Gasteiger partial charge < -0.3 is 19.5 Å². The number of hydrogen-bond acceptors (Lipinski definition) is 5. The van der Waals surface area contributed by atoms with Crippen molar-refractivity contribution in [1.82, 2.24) is 5.32 Å². The van der Waals surface area contributed by atoms with Gasteiger partial charge in [-0.2, -0.15) is 0 Å². The number of carbonyl (C=O) groups is 2. The number of rotatable bonds is 4. The highest BCUT2D eigenvalue weighted by Gasteiger charge is 2.41. The minimum atomic E-state index is -1.14. The van der Waals surface area contributed by atoms with Crippen LogP contribution in [0.5, 0.6) is 0 Å². The number of nitrogens with one attached hydrogen (secondary N) is 1. The van der Waals surface area contributed by atoms with Gasteiger partial charge in [-0.25, -0.2) is 4.79 Å². The molecule has 1 aromatic carbocycles. The molecule has 0 saturated carbocycles. The predicted octanol–water partition coefficient (Wildman–Crippen LogP) is 2.78. The first-order valence-corrected chi connectivity index (χ1v) is 7.42. The summed E-state index contributed by atoms with van der Waals surface area (Å²) in [5, 5.41) is 3.41. The minimum Gasteiger partial charge on any atom is -0.488 e. The Morgan fingerprint density at radius 1 is 1.26 bits per heavy atom. The van der Waals surface area contributed by atoms with E-state index >= 15 is 0 Å². The maximum atomic E-state index is 12.2. The highest BCUT2D eigenvalue weighted by atomic mass is 35.5. The number of esters is 1. The maximum absolute atomic E-state index is 12.2. The molecule has 1 aliphatic heterocycles. The predicted molar refractivity (Wildman–Crippen MR) is 83.6 cm³/mol. The van der Waals surface area contributed by atoms with Crippen molar-refractivity contribution in [2.75, 3.05) is 7.11 Å². The average Bonchev–Trinajstić information content (AvgIpc) is 2.74. The van der Waals surface area contributed by atoms with Gasteiger partial charge in [-0.05, 0) is 17.7 Å². The fourth-order valence-electron chi connectivity index (χ4n) is 1.92. The summed E-state index contributed by atoms with van der Waals surface area (Å²) in [6.07, 6.45) is 0. The van der Waals surface area contributed by atoms with Crippen LogP contribution in [0, 0.1) is 0 Å². The van der Waals surface area contributed by atoms with E-state index < -0.39 is 17.7 Å². The molecule has 124 valence electrons. The number of amides is 1. The average molecular weight is 360 g/mol. The minimum absolute atomic E-state index is 0.175. The van der Waals surface area contributed by atoms with Crippen LogP contribution in [0.4, 0.5) is 0 Å². The van der Waals surface area contributed by atoms with Gasteiger partial charge in [0.15, 0.2) is 0 Å². The van der Waals surface area contributed by atoms with Crippen molar-refractivity contribution in [3.8, 4) is 0 Å². The van der Waals surface area contributed by atoms with Crippen LogP contribution in [-0.4, -0.2) is 24.8 Å². The molecule has 0 aromatic heterocycles. The lowest BCUT2D eigenvalue weighted by molar-refractivity contribution is -0.159. The summed E-state index contributed by atoms with van der Waals surface area (Å²) in [6.45, 7) is 3.28. The first-order chi connectivity index (χ1) is 10.7. The number of hydrogen-bond donors (Lipinski definition) is 1. The van der Waals surface area contributed by atoms with Crippen molar-refractivity contribution in [1.29, 1.82) is 0 Å². The molecule has 0 bridgehead atoms. The zero-order valence-corrected chi connectivity index (χ0v) is 14.2. The molecule has 6 nitrogen and oxygen atoms in total. The molecule has 1 N–H and O–H groups in total. The monoisotopic (exact) mass is 359 g/mol. The van der Waals surface area contributed by atoms with Crippen molar-refractivity contribution >= 4 is 35.1 Å². The van der Waals surface area contributed by atoms with Gasteiger partial charge in [-0.3, -0.25) is 4.79 Å². The molecule has 0 radical (unpaired) electrons. The van der Waals surface area contributed by atoms with Gasteiger partial charge in [-0.15, -0.1) is 0 Å². The molecule has 8 heteroatoms. The molecule has 0 spiro atoms. The molecule has 1 aliphatic rings. The topological polar surface area (TPSA) is 73.9 Å². The molecule has 0 unspecified atom stereocenters. The van der Waals surface area contributed by atoms with E-state index in [1.165, 1.54) is 7.11 Å². The van der Waals surface area contributed by atoms with E-state index in [0.717, 1.165) is 5.56 Å². The molecule has 0 aliphatic carbocycles. The molecule has 1 amide bonds. The van der Waals surface area contributed by atoms with E-state index in [9.17, 15) is 9.59 Å². The Morgan fingerprint density at radius 2 is 1.96 bits per heavy atom. The zero-order valence-electron chi connectivity index (χ0n) is 12.7. The smallest absolute Gasteiger partial charge is 0.381 e. The van der Waals surface area contributed by atoms with Gasteiger partial charge in [0.1, 0.15) is 0 Å². The van der Waals surface area contributed by atoms with Crippen LogP contribution < -0.4 is 5.32 Å². The van der Waals surface area contributed by atoms with Crippen LogP contribution in [0.2, 0.25) is 10.0 Å². The second-order valence-corrected chi connectivity index (χ2v) is 6.00. The largest absolute Gasteiger partial charge is 0.488 e. The normalized spacial score (nSPS) is 18.0. The number of methoxy groups -OCH3 is 1. The fourth-order valence-corrected chi connectivity index (χ4v) is 2.24. The first kappa shape index (κ1) is 17.4. The van der Waals surface area contributed by atoms with E-state index in [1.807, 2.05) is 0 Å². The SMILES string of the molecule is COC(C(=O)NCc1ccc(Cl)c(Cl)c1)=C1OC(C)(C)OC1=O. The van der Waals surface area contributed by atoms with Crippen molar-refractivity contribution in [2.24, 2.45) is 0 Å². The van der Waals surface area contributed by atoms with Gasteiger partial charge in [0.05, 0.1) is 17.2 Å². The zero-order chi connectivity index (χ0) is 17.2. The van der Waals surface area contributed by atoms with Crippen LogP contribution in [0.25, 0.3) is 0 Å². The van der Waals surface area contributed by atoms with E-state index in [0.29, 0.717) is 10.0 Å². The first-order valence-electron chi connectivity index (χ1n) is 6.66. The fraction of sp³-hybridized carbons (Fsp3) is 0.333. The lowest BCUT2D eigenvalue weighted by Crippen LogP contribution is -2.27. The lowest BCUT2D eigenvalue weighted by atomic mass is 10.2. The third-order valence-electron chi connectivity index (χ3n) is 2.93. The van der Waals surface area contributed by atoms with E-state index in [4.69, 9.17) is 37.4 Å². The highest BCUT2D eigenvalue weighted by molar-refractivity contribution is 6.42. The third kappa shape index (κ3) is 4.09. The molecule has 1 heterocycles. The highest BCUT2D eigenvalue weighted by Crippen LogP contribution is 2.29. The second-order valence-electron chi connectivity index (χ2n) is 5.18. The van der Waals surface area contributed by atoms with Gasteiger partial charge in [0.25, 0.3) is 11.7 Å². The van der Waals surface area contributed by atoms with Gasteiger partial charge in [0, 0.05) is 20.4 Å². The van der Waals surface area contributed by atoms with Crippen LogP contribution in [-0.2, 0) is 30.3 Å². The Bertz CT molecular complexity index is 684. The molecule has 1 aromatic rings. The van der Waals surface area contributed by atoms with Crippen LogP contribution >= 0.6 is 23.2 Å². The number of cyclic esters (lactones) is 1. The van der Waals surface area contributed by atoms with E-state index in [-0.39, 0.29) is 18.1 Å². The standard InChI is InChI=1S/C15H15Cl2NO5/c1-15(2)22-12(14(20)23-15)11(21-3)13(19)18-7-8-4-5-9(16)10(17)6-8/h4-6H,7H2,1-3H3,(H,18,19). The summed E-state index contributed by atoms with van der Waals surface area (Å²) in [6, 6.07) is 4.98. The molecule has 23 heavy (non-hydrogen) atoms. The third-order valence-corrected chi connectivity index (χ3v) is 3.66. The van der Waals surface area contributed by atoms with E-state index in [2.05, 4.69) is 5.32 Å². The van der Waals surface area contributed by atoms with E-state index in [1.54, 1.807) is 32.0 Å². The van der Waals surface area contributed by atoms with Gasteiger partial charge >= 0.3 is 5.97 Å². The molecule has 0 atom stereocenters. The summed E-state index contributed by atoms with van der Waals surface area (Å²) in [4.78, 5) is 24.0. The van der Waals surface area contributed by atoms with Crippen molar-refractivity contribution in [3.63, 3.8) is 0 Å². The van der Waals surface area contributed by atoms with Crippen molar-refractivity contribution in [2.45, 2.75) is 26.2 Å². The van der Waals surface area contributed by atoms with Crippen LogP contribution in [0.3, 0.4) is 0 Å². The Morgan fingerprint density at radius 3 is 2.48 bits per heavy atom. The number of halogens is 2. The maximum Gasteiger partial charge on any atom is 0.381 e. The summed E-state index contributed by atoms with van der Waals surface area (Å²) in [5.41, 5.74) is 0.739. The Hall–Kier alpha value is -1.92. The molecule has 2 rings (SSSR count). The van der Waals surface area contributed by atoms with Crippen molar-refractivity contribution in [3.05, 3.63) is 45.3 Å². The molecule has 1 saturated heterocycles. The van der Waals surface area contributed by atoms with Crippen molar-refractivity contribution < 1.29 is 23.8 Å². The summed E-state index contributed by atoms with van der Waals surface area (Å²) < 4.78 is 15.3. The summed E-state index contributed by atoms with van der Waals surface area (Å²) in [5.74, 6) is -3.01. The Kier molecular flexibility index (Phi) is 5.06. The van der Waals surface area contributed by atoms with Crippen LogP contribution in [0.15, 0.2) is 29.7 Å². The number of ether oxygens (including phenoxy) is 3. The van der Waals surface area contributed by atoms with Gasteiger partial charge in [-0.1, -0.05) is 29.3 Å². The Labute approximate surface area is 143 Å². The second kappa shape index (κ2) is 6.68. The van der Waals surface area contributed by atoms with Crippen LogP contribution in [0.1, 0.15) is 19.4 Å². The van der Waals surface area contributed by atoms with Gasteiger partial charge in [0.2, 0.25) is 11.5 Å². The quantitative estimate of drug-likeness (QED) is 0.508. The summed E-state index contributed by atoms with van der Waals surface area (Å²) >= 11 is 11.7. The summed E-state index contributed by atoms with van der Waals surface area (Å²) in [7, 11) is 1.27.